The van der Waals surface area contributed by atoms with Crippen LogP contribution in [-0.2, 0) is 50.7 Å². The summed E-state index contributed by atoms with van der Waals surface area (Å²) in [5.41, 5.74) is 4.05. The molecule has 362 valence electrons. The van der Waals surface area contributed by atoms with Crippen LogP contribution in [0.3, 0.4) is 0 Å². The lowest BCUT2D eigenvalue weighted by molar-refractivity contribution is -0.347. The van der Waals surface area contributed by atoms with Crippen molar-refractivity contribution in [3.63, 3.8) is 0 Å². The van der Waals surface area contributed by atoms with Gasteiger partial charge in [-0.3, -0.25) is 28.1 Å². The van der Waals surface area contributed by atoms with Crippen LogP contribution in [0.1, 0.15) is 78.4 Å². The topological polar surface area (TPSA) is 395 Å². The Morgan fingerprint density at radius 3 is 2.42 bits per heavy atom. The number of aromatic nitrogens is 4. The highest BCUT2D eigenvalue weighted by Gasteiger charge is 2.47. The fourth-order valence-electron chi connectivity index (χ4n) is 5.82. The summed E-state index contributed by atoms with van der Waals surface area (Å²) in [5.74, 6) is -1.36. The van der Waals surface area contributed by atoms with E-state index in [9.17, 15) is 63.0 Å². The van der Waals surface area contributed by atoms with Crippen LogP contribution >= 0.6 is 35.2 Å². The number of aliphatic hydroxyl groups is 3. The first-order valence-electron chi connectivity index (χ1n) is 19.9. The number of fused-ring (bicyclic) bond motifs is 1. The molecule has 0 bridgehead atoms. The lowest BCUT2D eigenvalue weighted by Gasteiger charge is -2.36. The molecule has 2 unspecified atom stereocenters. The number of nitrogens with two attached hydrogens (primary N) is 1. The number of amides is 2. The van der Waals surface area contributed by atoms with Crippen molar-refractivity contribution in [2.24, 2.45) is 5.41 Å². The number of hydrogen-bond acceptors (Lipinski definition) is 23. The molecule has 2 amide bonds. The standard InChI is InChI=1S/C35H58N7O18P3S/c1-4-5-6-7-8-9-10-11-12-13-23(43)18-26(45)64-17-16-37-25(44)14-15-38-33(48)30(47)35(2,3)20-57-63(54,55)60-62(52,53)56-19-24-29(59-61(49,50)51)28(46)34(58-24)42-22-41-27-31(36)39-21-40-32(27)42/h5-6,8-9,21-24,28-30,34,43,46-47H,4,7,10-20H2,1-3H3,(H,37,44)(H,38,48)(H,52,53)(H,54,55)(H2,36,39,40)(H2,49,50,51)/p-4/b6-5-,9-8-/t23-,24+,28+,29+,30-,34+/m0/s1. The largest absolute Gasteiger partial charge is 0.790 e. The first-order chi connectivity index (χ1) is 29.9. The highest BCUT2D eigenvalue weighted by atomic mass is 32.2. The van der Waals surface area contributed by atoms with Crippen molar-refractivity contribution in [3.05, 3.63) is 37.0 Å². The van der Waals surface area contributed by atoms with E-state index in [4.69, 9.17) is 10.5 Å². The summed E-state index contributed by atoms with van der Waals surface area (Å²) in [6.45, 7) is 2.04. The number of allylic oxidation sites excluding steroid dienone is 4. The van der Waals surface area contributed by atoms with E-state index < -0.39 is 90.7 Å². The molecular formula is C35H54N7O18P3S-4. The number of imidazole rings is 1. The van der Waals surface area contributed by atoms with Gasteiger partial charge in [-0.1, -0.05) is 63.3 Å². The number of carbonyl (C=O) groups excluding carboxylic acids is 3. The second kappa shape index (κ2) is 25.8. The van der Waals surface area contributed by atoms with Crippen molar-refractivity contribution in [1.82, 2.24) is 30.2 Å². The molecule has 0 saturated carbocycles. The van der Waals surface area contributed by atoms with E-state index in [-0.39, 0.29) is 53.8 Å². The molecule has 29 heteroatoms. The quantitative estimate of drug-likeness (QED) is 0.0335. The number of anilines is 1. The average molecular weight is 986 g/mol. The Balaban J connectivity index is 1.37. The fourth-order valence-corrected chi connectivity index (χ4v) is 9.30. The van der Waals surface area contributed by atoms with Crippen LogP contribution < -0.4 is 35.9 Å². The number of nitrogen functional groups attached to an aromatic ring is 1. The van der Waals surface area contributed by atoms with Crippen LogP contribution in [0.4, 0.5) is 5.82 Å². The number of phosphoric ester groups is 3. The lowest BCUT2D eigenvalue weighted by atomic mass is 9.87. The van der Waals surface area contributed by atoms with Gasteiger partial charge in [0.05, 0.1) is 33.5 Å². The molecule has 7 N–H and O–H groups in total. The third-order valence-corrected chi connectivity index (χ3v) is 13.1. The van der Waals surface area contributed by atoms with Crippen molar-refractivity contribution in [1.29, 1.82) is 0 Å². The molecule has 3 rings (SSSR count). The van der Waals surface area contributed by atoms with Gasteiger partial charge in [0.2, 0.25) is 11.8 Å². The minimum Gasteiger partial charge on any atom is -0.790 e. The maximum Gasteiger partial charge on any atom is 0.274 e. The molecular weight excluding hydrogens is 931 g/mol. The molecule has 0 aliphatic carbocycles. The van der Waals surface area contributed by atoms with Gasteiger partial charge in [0.1, 0.15) is 36.3 Å². The zero-order valence-corrected chi connectivity index (χ0v) is 38.7. The minimum absolute atomic E-state index is 0.0113. The normalized spacial score (nSPS) is 21.2. The summed E-state index contributed by atoms with van der Waals surface area (Å²) in [7, 11) is -17.6. The molecule has 2 aromatic heterocycles. The number of nitrogens with one attached hydrogen (secondary N) is 2. The number of hydrogen-bond donors (Lipinski definition) is 6. The zero-order chi connectivity index (χ0) is 47.7. The number of nitrogens with zero attached hydrogens (tertiary/aromatic N) is 4. The minimum atomic E-state index is -5.93. The van der Waals surface area contributed by atoms with Gasteiger partial charge in [0, 0.05) is 37.1 Å². The third-order valence-electron chi connectivity index (χ3n) is 9.14. The number of carbonyl (C=O) groups is 3. The molecule has 1 aliphatic heterocycles. The molecule has 1 fully saturated rings. The SMILES string of the molecule is CC/C=C\C/C=C\CCCC[C@H](O)CC(=O)SCCNC(=O)CCNC(=O)[C@H](O)C(C)(C)COP(=O)([O-])OP(=O)([O-])OC[C@H]1O[C@@H](n2cnc3c(N)ncnc32)[C@H](O)[C@@H]1OP(=O)([O-])[O-]. The van der Waals surface area contributed by atoms with E-state index in [1.54, 1.807) is 0 Å². The van der Waals surface area contributed by atoms with Crippen LogP contribution in [0, 0.1) is 5.41 Å². The smallest absolute Gasteiger partial charge is 0.274 e. The molecule has 0 aromatic carbocycles. The van der Waals surface area contributed by atoms with Gasteiger partial charge in [-0.15, -0.1) is 0 Å². The van der Waals surface area contributed by atoms with Gasteiger partial charge < -0.3 is 74.1 Å². The highest BCUT2D eigenvalue weighted by molar-refractivity contribution is 8.13. The number of ether oxygens (including phenoxy) is 1. The molecule has 64 heavy (non-hydrogen) atoms. The maximum absolute atomic E-state index is 12.6. The second-order valence-electron chi connectivity index (χ2n) is 14.9. The molecule has 1 saturated heterocycles. The first kappa shape index (κ1) is 55.3. The number of phosphoric acid groups is 3. The number of unbranched alkanes of at least 4 members (excludes halogenated alkanes) is 2. The van der Waals surface area contributed by atoms with Gasteiger partial charge in [-0.05, 0) is 32.1 Å². The Labute approximate surface area is 373 Å². The Hall–Kier alpha value is -3.00. The highest BCUT2D eigenvalue weighted by Crippen LogP contribution is 2.56. The lowest BCUT2D eigenvalue weighted by Crippen LogP contribution is -2.46. The molecule has 25 nitrogen and oxygen atoms in total. The van der Waals surface area contributed by atoms with E-state index in [0.717, 1.165) is 61.1 Å². The third kappa shape index (κ3) is 19.1. The molecule has 1 aliphatic rings. The maximum atomic E-state index is 12.6. The molecule has 8 atom stereocenters. The summed E-state index contributed by atoms with van der Waals surface area (Å²) in [4.78, 5) is 96.6. The first-order valence-corrected chi connectivity index (χ1v) is 25.3. The average Bonchev–Trinajstić information content (AvgIpc) is 3.76. The molecule has 0 radical (unpaired) electrons. The Kier molecular flexibility index (Phi) is 22.3. The molecule has 2 aromatic rings. The van der Waals surface area contributed by atoms with E-state index in [1.165, 1.54) is 13.8 Å². The van der Waals surface area contributed by atoms with E-state index >= 15 is 0 Å². The molecule has 0 spiro atoms. The number of thioether (sulfide) groups is 1. The van der Waals surface area contributed by atoms with E-state index in [2.05, 4.69) is 74.7 Å². The predicted octanol–water partition coefficient (Wildman–Crippen LogP) is -0.639. The number of aliphatic hydroxyl groups excluding tert-OH is 3. The van der Waals surface area contributed by atoms with Gasteiger partial charge in [0.15, 0.2) is 22.8 Å². The zero-order valence-electron chi connectivity index (χ0n) is 35.2. The van der Waals surface area contributed by atoms with Crippen LogP contribution in [0.2, 0.25) is 0 Å². The van der Waals surface area contributed by atoms with Gasteiger partial charge in [-0.2, -0.15) is 0 Å². The van der Waals surface area contributed by atoms with E-state index in [1.807, 2.05) is 0 Å². The summed E-state index contributed by atoms with van der Waals surface area (Å²) >= 11 is 0.966. The van der Waals surface area contributed by atoms with Crippen molar-refractivity contribution in [2.75, 3.05) is 37.8 Å². The summed E-state index contributed by atoms with van der Waals surface area (Å²) < 4.78 is 60.7. The van der Waals surface area contributed by atoms with Crippen molar-refractivity contribution >= 4 is 69.1 Å². The molecule has 3 heterocycles. The second-order valence-corrected chi connectivity index (χ2v) is 20.1. The summed E-state index contributed by atoms with van der Waals surface area (Å²) in [5, 5.41) is 36.2. The van der Waals surface area contributed by atoms with Gasteiger partial charge in [-0.25, -0.2) is 19.3 Å². The van der Waals surface area contributed by atoms with Gasteiger partial charge >= 0.3 is 0 Å². The Bertz CT molecular complexity index is 2060. The van der Waals surface area contributed by atoms with Crippen molar-refractivity contribution < 1.29 is 85.6 Å². The Morgan fingerprint density at radius 2 is 1.72 bits per heavy atom. The van der Waals surface area contributed by atoms with Gasteiger partial charge in [0.25, 0.3) is 15.6 Å². The van der Waals surface area contributed by atoms with Crippen LogP contribution in [0.25, 0.3) is 11.2 Å². The van der Waals surface area contributed by atoms with Crippen molar-refractivity contribution in [2.45, 2.75) is 109 Å². The number of rotatable bonds is 29. The summed E-state index contributed by atoms with van der Waals surface area (Å²) in [6.07, 6.45) is 4.92. The van der Waals surface area contributed by atoms with Crippen LogP contribution in [0.5, 0.6) is 0 Å². The van der Waals surface area contributed by atoms with Crippen LogP contribution in [0.15, 0.2) is 37.0 Å². The van der Waals surface area contributed by atoms with E-state index in [0.29, 0.717) is 6.42 Å². The Morgan fingerprint density at radius 1 is 1.02 bits per heavy atom. The predicted molar refractivity (Wildman–Crippen MR) is 221 cm³/mol. The monoisotopic (exact) mass is 985 g/mol. The van der Waals surface area contributed by atoms with Crippen LogP contribution in [-0.4, -0.2) is 114 Å². The fraction of sp³-hybridized carbons (Fsp3) is 0.657. The summed E-state index contributed by atoms with van der Waals surface area (Å²) in [6, 6.07) is 0. The van der Waals surface area contributed by atoms with Crippen molar-refractivity contribution in [3.8, 4) is 0 Å².